The van der Waals surface area contributed by atoms with Gasteiger partial charge in [0.2, 0.25) is 0 Å². The number of aliphatic carboxylic acids is 1. The van der Waals surface area contributed by atoms with Crippen molar-refractivity contribution in [2.75, 3.05) is 0 Å². The molecule has 4 aromatic rings. The van der Waals surface area contributed by atoms with Crippen LogP contribution < -0.4 is 34.7 Å². The first kappa shape index (κ1) is 29.2. The van der Waals surface area contributed by atoms with Crippen LogP contribution in [-0.4, -0.2) is 38.2 Å². The Morgan fingerprint density at radius 3 is 2.59 bits per heavy atom. The van der Waals surface area contributed by atoms with E-state index in [4.69, 9.17) is 5.10 Å². The molecule has 1 heterocycles. The van der Waals surface area contributed by atoms with Gasteiger partial charge in [-0.25, -0.2) is 9.07 Å². The van der Waals surface area contributed by atoms with Crippen LogP contribution in [0.3, 0.4) is 0 Å². The maximum Gasteiger partial charge on any atom is 1.00 e. The molecule has 8 heteroatoms. The van der Waals surface area contributed by atoms with Crippen LogP contribution in [0.15, 0.2) is 72.8 Å². The summed E-state index contributed by atoms with van der Waals surface area (Å²) in [5.41, 5.74) is 4.83. The first-order valence-electron chi connectivity index (χ1n) is 13.0. The summed E-state index contributed by atoms with van der Waals surface area (Å²) in [6.45, 7) is 0. The Balaban J connectivity index is 0.00000353. The van der Waals surface area contributed by atoms with E-state index in [-0.39, 0.29) is 47.7 Å². The van der Waals surface area contributed by atoms with Crippen molar-refractivity contribution in [3.05, 3.63) is 101 Å². The fourth-order valence-electron chi connectivity index (χ4n) is 5.36. The quantitative estimate of drug-likeness (QED) is 0.312. The van der Waals surface area contributed by atoms with E-state index in [1.165, 1.54) is 28.5 Å². The standard InChI is InChI=1S/C31H31FN2O4.Na/c32-24-10-12-25(13-11-24)34-29(15-14-26(35)18-27(36)19-30(37)38)28-7-3-6-23(31(28)33-34)17-20-8-9-21-4-1-2-5-22(21)16-20;/h1-2,4-5,8-16,23,26-27,35-36H,3,6-7,17-19H2,(H,37,38);/q;+1/p-1/b15-14+;/t23?,26-,27-;/m0./s1. The second-order valence-electron chi connectivity index (χ2n) is 10.0. The van der Waals surface area contributed by atoms with Crippen LogP contribution in [0.2, 0.25) is 0 Å². The smallest absolute Gasteiger partial charge is 0.550 e. The Morgan fingerprint density at radius 1 is 1.10 bits per heavy atom. The third-order valence-electron chi connectivity index (χ3n) is 7.18. The van der Waals surface area contributed by atoms with E-state index in [0.29, 0.717) is 5.69 Å². The molecular weight excluding hydrogens is 506 g/mol. The minimum absolute atomic E-state index is 0. The molecule has 0 amide bonds. The predicted octanol–water partition coefficient (Wildman–Crippen LogP) is 1.10. The number of rotatable bonds is 9. The van der Waals surface area contributed by atoms with Crippen molar-refractivity contribution in [2.45, 2.75) is 56.7 Å². The topological polar surface area (TPSA) is 98.4 Å². The summed E-state index contributed by atoms with van der Waals surface area (Å²) in [6, 6.07) is 21.0. The van der Waals surface area contributed by atoms with Crippen LogP contribution in [0.1, 0.15) is 54.1 Å². The van der Waals surface area contributed by atoms with Gasteiger partial charge in [0.05, 0.1) is 29.3 Å². The summed E-state index contributed by atoms with van der Waals surface area (Å²) in [5, 5.41) is 38.4. The van der Waals surface area contributed by atoms with Gasteiger partial charge in [0.1, 0.15) is 5.82 Å². The molecule has 0 radical (unpaired) electrons. The number of carbonyl (C=O) groups excluding carboxylic acids is 1. The van der Waals surface area contributed by atoms with E-state index in [1.54, 1.807) is 29.0 Å². The zero-order valence-corrected chi connectivity index (χ0v) is 24.0. The number of hydrogen-bond acceptors (Lipinski definition) is 5. The number of nitrogens with zero attached hydrogens (tertiary/aromatic N) is 2. The Morgan fingerprint density at radius 2 is 1.85 bits per heavy atom. The van der Waals surface area contributed by atoms with Crippen LogP contribution in [0.5, 0.6) is 0 Å². The molecule has 39 heavy (non-hydrogen) atoms. The van der Waals surface area contributed by atoms with E-state index >= 15 is 0 Å². The second kappa shape index (κ2) is 13.0. The number of hydrogen-bond donors (Lipinski definition) is 2. The minimum atomic E-state index is -1.37. The largest absolute Gasteiger partial charge is 1.00 e. The summed E-state index contributed by atoms with van der Waals surface area (Å²) < 4.78 is 15.4. The molecule has 2 N–H and O–H groups in total. The third-order valence-corrected chi connectivity index (χ3v) is 7.18. The van der Waals surface area contributed by atoms with Crippen molar-refractivity contribution in [2.24, 2.45) is 0 Å². The first-order chi connectivity index (χ1) is 18.4. The van der Waals surface area contributed by atoms with Crippen LogP contribution in [0.4, 0.5) is 4.39 Å². The third kappa shape index (κ3) is 7.04. The molecule has 0 bridgehead atoms. The average molecular weight is 537 g/mol. The molecule has 1 unspecified atom stereocenters. The van der Waals surface area contributed by atoms with Gasteiger partial charge in [-0.15, -0.1) is 0 Å². The van der Waals surface area contributed by atoms with Crippen LogP contribution >= 0.6 is 0 Å². The average Bonchev–Trinajstić information content (AvgIpc) is 3.27. The maximum atomic E-state index is 13.7. The zero-order valence-electron chi connectivity index (χ0n) is 22.0. The number of carboxylic acid groups (broad SMARTS) is 1. The van der Waals surface area contributed by atoms with Crippen molar-refractivity contribution in [1.82, 2.24) is 9.78 Å². The van der Waals surface area contributed by atoms with E-state index in [0.717, 1.165) is 42.6 Å². The first-order valence-corrected chi connectivity index (χ1v) is 13.0. The summed E-state index contributed by atoms with van der Waals surface area (Å²) in [6.07, 6.45) is 4.07. The van der Waals surface area contributed by atoms with Gasteiger partial charge >= 0.3 is 29.6 Å². The molecule has 0 fully saturated rings. The molecule has 3 atom stereocenters. The normalized spacial score (nSPS) is 16.5. The SMILES string of the molecule is O=C([O-])C[C@@H](O)C[C@@H](O)/C=C/c1c2c(nn1-c1ccc(F)cc1)C(Cc1ccc3ccccc3c1)CCC2.[Na+]. The molecule has 1 aliphatic rings. The van der Waals surface area contributed by atoms with Gasteiger partial charge in [-0.1, -0.05) is 48.5 Å². The number of aliphatic hydroxyl groups excluding tert-OH is 2. The number of carbonyl (C=O) groups is 1. The molecule has 0 saturated heterocycles. The van der Waals surface area contributed by atoms with Gasteiger partial charge in [-0.3, -0.25) is 0 Å². The second-order valence-corrected chi connectivity index (χ2v) is 10.0. The van der Waals surface area contributed by atoms with Crippen molar-refractivity contribution in [3.63, 3.8) is 0 Å². The molecule has 0 spiro atoms. The summed E-state index contributed by atoms with van der Waals surface area (Å²) >= 11 is 0. The predicted molar refractivity (Wildman–Crippen MR) is 142 cm³/mol. The molecule has 1 aliphatic carbocycles. The molecule has 196 valence electrons. The fraction of sp³-hybridized carbons (Fsp3) is 0.290. The summed E-state index contributed by atoms with van der Waals surface area (Å²) in [5.74, 6) is -1.49. The molecule has 3 aromatic carbocycles. The van der Waals surface area contributed by atoms with E-state index in [1.807, 2.05) is 12.1 Å². The van der Waals surface area contributed by atoms with Crippen LogP contribution in [0.25, 0.3) is 22.5 Å². The van der Waals surface area contributed by atoms with Gasteiger partial charge in [0, 0.05) is 30.3 Å². The number of halogens is 1. The summed E-state index contributed by atoms with van der Waals surface area (Å²) in [4.78, 5) is 10.7. The number of carboxylic acids is 1. The Bertz CT molecular complexity index is 1470. The number of fused-ring (bicyclic) bond motifs is 2. The van der Waals surface area contributed by atoms with E-state index in [2.05, 4.69) is 30.3 Å². The van der Waals surface area contributed by atoms with Gasteiger partial charge < -0.3 is 20.1 Å². The Hall–Kier alpha value is -2.81. The van der Waals surface area contributed by atoms with E-state index < -0.39 is 24.6 Å². The van der Waals surface area contributed by atoms with Crippen molar-refractivity contribution in [3.8, 4) is 5.69 Å². The fourth-order valence-corrected chi connectivity index (χ4v) is 5.36. The van der Waals surface area contributed by atoms with Gasteiger partial charge in [0.15, 0.2) is 0 Å². The molecule has 5 rings (SSSR count). The van der Waals surface area contributed by atoms with Crippen molar-refractivity contribution in [1.29, 1.82) is 0 Å². The molecular formula is C31H30FN2NaO4. The monoisotopic (exact) mass is 536 g/mol. The Kier molecular flexibility index (Phi) is 9.75. The van der Waals surface area contributed by atoms with E-state index in [9.17, 15) is 24.5 Å². The molecule has 0 aliphatic heterocycles. The number of benzene rings is 3. The number of aliphatic hydroxyl groups is 2. The van der Waals surface area contributed by atoms with Crippen LogP contribution in [0, 0.1) is 5.82 Å². The van der Waals surface area contributed by atoms with Gasteiger partial charge in [0.25, 0.3) is 0 Å². The summed E-state index contributed by atoms with van der Waals surface area (Å²) in [7, 11) is 0. The van der Waals surface area contributed by atoms with Crippen molar-refractivity contribution < 1.29 is 54.1 Å². The van der Waals surface area contributed by atoms with Crippen LogP contribution in [-0.2, 0) is 17.6 Å². The molecule has 6 nitrogen and oxygen atoms in total. The molecule has 0 saturated carbocycles. The Labute approximate surface area is 249 Å². The number of aromatic nitrogens is 2. The van der Waals surface area contributed by atoms with Gasteiger partial charge in [-0.2, -0.15) is 5.10 Å². The van der Waals surface area contributed by atoms with Gasteiger partial charge in [-0.05, 0) is 72.4 Å². The zero-order chi connectivity index (χ0) is 26.6. The minimum Gasteiger partial charge on any atom is -0.550 e. The maximum absolute atomic E-state index is 13.7. The molecule has 1 aromatic heterocycles. The van der Waals surface area contributed by atoms with Crippen molar-refractivity contribution >= 4 is 22.8 Å².